The van der Waals surface area contributed by atoms with Crippen LogP contribution in [-0.4, -0.2) is 35.1 Å². The van der Waals surface area contributed by atoms with Gasteiger partial charge in [0.05, 0.1) is 5.75 Å². The van der Waals surface area contributed by atoms with E-state index in [0.717, 1.165) is 12.2 Å². The van der Waals surface area contributed by atoms with Gasteiger partial charge in [-0.1, -0.05) is 66.0 Å². The molecule has 1 atom stereocenters. The number of hydrogen-bond acceptors (Lipinski definition) is 3. The molecule has 0 aliphatic rings. The molecule has 0 fully saturated rings. The summed E-state index contributed by atoms with van der Waals surface area (Å²) >= 11 is 14.2. The van der Waals surface area contributed by atoms with Gasteiger partial charge in [-0.15, -0.1) is 11.8 Å². The molecule has 0 saturated heterocycles. The Morgan fingerprint density at radius 3 is 2.43 bits per heavy atom. The number of rotatable bonds is 10. The van der Waals surface area contributed by atoms with Gasteiger partial charge in [-0.25, -0.2) is 0 Å². The lowest BCUT2D eigenvalue weighted by atomic mass is 10.1. The van der Waals surface area contributed by atoms with Crippen molar-refractivity contribution in [2.75, 3.05) is 12.3 Å². The Balaban J connectivity index is 2.12. The largest absolute Gasteiger partial charge is 0.354 e. The van der Waals surface area contributed by atoms with Gasteiger partial charge in [-0.2, -0.15) is 0 Å². The summed E-state index contributed by atoms with van der Waals surface area (Å²) in [5.41, 5.74) is 3.01. The molecule has 0 saturated carbocycles. The molecule has 2 rings (SSSR count). The highest BCUT2D eigenvalue weighted by molar-refractivity contribution is 7.99. The minimum absolute atomic E-state index is 0.122. The Hall–Kier alpha value is -1.69. The number of carbonyl (C=O) groups is 2. The monoisotopic (exact) mass is 466 g/mol. The van der Waals surface area contributed by atoms with Gasteiger partial charge < -0.3 is 10.2 Å². The van der Waals surface area contributed by atoms with Gasteiger partial charge in [0.25, 0.3) is 0 Å². The number of thioether (sulfide) groups is 1. The molecule has 7 heteroatoms. The number of benzene rings is 2. The smallest absolute Gasteiger partial charge is 0.242 e. The van der Waals surface area contributed by atoms with Gasteiger partial charge >= 0.3 is 0 Å². The first-order chi connectivity index (χ1) is 14.3. The van der Waals surface area contributed by atoms with Crippen LogP contribution in [0.4, 0.5) is 0 Å². The first kappa shape index (κ1) is 24.6. The molecule has 4 nitrogen and oxygen atoms in total. The Labute approximate surface area is 193 Å². The molecule has 30 heavy (non-hydrogen) atoms. The van der Waals surface area contributed by atoms with Crippen molar-refractivity contribution < 1.29 is 9.59 Å². The highest BCUT2D eigenvalue weighted by Crippen LogP contribution is 2.27. The molecular weight excluding hydrogens is 439 g/mol. The number of carbonyl (C=O) groups excluding carboxylic acids is 2. The maximum absolute atomic E-state index is 13.1. The molecule has 1 N–H and O–H groups in total. The quantitative estimate of drug-likeness (QED) is 0.504. The summed E-state index contributed by atoms with van der Waals surface area (Å²) in [4.78, 5) is 27.2. The van der Waals surface area contributed by atoms with E-state index in [2.05, 4.69) is 11.4 Å². The van der Waals surface area contributed by atoms with Gasteiger partial charge in [0.15, 0.2) is 0 Å². The fourth-order valence-corrected chi connectivity index (χ4v) is 4.35. The van der Waals surface area contributed by atoms with Crippen LogP contribution in [0.15, 0.2) is 42.5 Å². The fourth-order valence-electron chi connectivity index (χ4n) is 2.97. The van der Waals surface area contributed by atoms with Gasteiger partial charge in [-0.05, 0) is 38.0 Å². The van der Waals surface area contributed by atoms with Crippen molar-refractivity contribution in [3.05, 3.63) is 69.2 Å². The van der Waals surface area contributed by atoms with Crippen LogP contribution in [0.25, 0.3) is 0 Å². The van der Waals surface area contributed by atoms with Crippen molar-refractivity contribution in [2.24, 2.45) is 0 Å². The molecule has 2 aromatic rings. The third-order valence-corrected chi connectivity index (χ3v) is 6.38. The standard InChI is InChI=1S/C23H28Cl2N2O2S/c1-4-11-26-23(29)17(3)27(13-19-20(24)9-6-10-21(19)25)22(28)15-30-14-18-8-5-7-16(2)12-18/h5-10,12,17H,4,11,13-15H2,1-3H3,(H,26,29). The normalized spacial score (nSPS) is 11.8. The van der Waals surface area contributed by atoms with Crippen molar-refractivity contribution in [3.8, 4) is 0 Å². The van der Waals surface area contributed by atoms with Crippen molar-refractivity contribution in [3.63, 3.8) is 0 Å². The van der Waals surface area contributed by atoms with Gasteiger partial charge in [0.1, 0.15) is 6.04 Å². The van der Waals surface area contributed by atoms with E-state index in [0.29, 0.717) is 22.2 Å². The van der Waals surface area contributed by atoms with E-state index in [9.17, 15) is 9.59 Å². The summed E-state index contributed by atoms with van der Waals surface area (Å²) < 4.78 is 0. The van der Waals surface area contributed by atoms with Crippen molar-refractivity contribution in [1.82, 2.24) is 10.2 Å². The molecule has 1 unspecified atom stereocenters. The average Bonchev–Trinajstić information content (AvgIpc) is 2.71. The minimum Gasteiger partial charge on any atom is -0.354 e. The number of halogens is 2. The van der Waals surface area contributed by atoms with Crippen LogP contribution in [0.1, 0.15) is 37.0 Å². The summed E-state index contributed by atoms with van der Waals surface area (Å²) in [5.74, 6) is 0.686. The lowest BCUT2D eigenvalue weighted by Gasteiger charge is -2.29. The topological polar surface area (TPSA) is 49.4 Å². The molecule has 2 aromatic carbocycles. The zero-order valence-corrected chi connectivity index (χ0v) is 19.9. The lowest BCUT2D eigenvalue weighted by molar-refractivity contribution is -0.138. The first-order valence-corrected chi connectivity index (χ1v) is 11.9. The molecule has 0 radical (unpaired) electrons. The molecule has 0 aromatic heterocycles. The number of nitrogens with zero attached hydrogens (tertiary/aromatic N) is 1. The van der Waals surface area contributed by atoms with E-state index < -0.39 is 6.04 Å². The Bertz CT molecular complexity index is 856. The van der Waals surface area contributed by atoms with Gasteiger partial charge in [-0.3, -0.25) is 9.59 Å². The van der Waals surface area contributed by atoms with Crippen LogP contribution in [0.2, 0.25) is 10.0 Å². The van der Waals surface area contributed by atoms with Crippen LogP contribution < -0.4 is 5.32 Å². The number of aryl methyl sites for hydroxylation is 1. The van der Waals surface area contributed by atoms with Crippen molar-refractivity contribution >= 4 is 46.8 Å². The predicted octanol–water partition coefficient (Wildman–Crippen LogP) is 5.48. The zero-order chi connectivity index (χ0) is 22.1. The van der Waals surface area contributed by atoms with E-state index in [1.54, 1.807) is 30.0 Å². The second kappa shape index (κ2) is 12.2. The highest BCUT2D eigenvalue weighted by atomic mass is 35.5. The lowest BCUT2D eigenvalue weighted by Crippen LogP contribution is -2.48. The maximum atomic E-state index is 13.1. The predicted molar refractivity (Wildman–Crippen MR) is 127 cm³/mol. The minimum atomic E-state index is -0.629. The highest BCUT2D eigenvalue weighted by Gasteiger charge is 2.27. The third kappa shape index (κ3) is 7.22. The van der Waals surface area contributed by atoms with E-state index in [1.165, 1.54) is 22.9 Å². The molecule has 0 aliphatic heterocycles. The Kier molecular flexibility index (Phi) is 10.0. The van der Waals surface area contributed by atoms with E-state index >= 15 is 0 Å². The first-order valence-electron chi connectivity index (χ1n) is 9.96. The molecule has 0 spiro atoms. The molecule has 2 amide bonds. The third-order valence-electron chi connectivity index (χ3n) is 4.68. The number of hydrogen-bond donors (Lipinski definition) is 1. The van der Waals surface area contributed by atoms with Crippen molar-refractivity contribution in [2.45, 2.75) is 45.5 Å². The summed E-state index contributed by atoms with van der Waals surface area (Å²) in [5, 5.41) is 3.83. The van der Waals surface area contributed by atoms with Crippen molar-refractivity contribution in [1.29, 1.82) is 0 Å². The molecular formula is C23H28Cl2N2O2S. The second-order valence-electron chi connectivity index (χ2n) is 7.17. The SMILES string of the molecule is CCCNC(=O)C(C)N(Cc1c(Cl)cccc1Cl)C(=O)CSCc1cccc(C)c1. The maximum Gasteiger partial charge on any atom is 0.242 e. The summed E-state index contributed by atoms with van der Waals surface area (Å²) in [7, 11) is 0. The summed E-state index contributed by atoms with van der Waals surface area (Å²) in [6.45, 7) is 6.52. The second-order valence-corrected chi connectivity index (χ2v) is 8.97. The van der Waals surface area contributed by atoms with Crippen LogP contribution in [0.3, 0.4) is 0 Å². The zero-order valence-electron chi connectivity index (χ0n) is 17.6. The van der Waals surface area contributed by atoms with E-state index in [1.807, 2.05) is 32.0 Å². The van der Waals surface area contributed by atoms with Crippen LogP contribution in [0, 0.1) is 6.92 Å². The summed E-state index contributed by atoms with van der Waals surface area (Å²) in [6, 6.07) is 12.8. The number of amides is 2. The van der Waals surface area contributed by atoms with Crippen LogP contribution in [0.5, 0.6) is 0 Å². The average molecular weight is 467 g/mol. The van der Waals surface area contributed by atoms with E-state index in [-0.39, 0.29) is 24.1 Å². The fraction of sp³-hybridized carbons (Fsp3) is 0.391. The Morgan fingerprint density at radius 1 is 1.13 bits per heavy atom. The van der Waals surface area contributed by atoms with Gasteiger partial charge in [0, 0.05) is 34.5 Å². The molecule has 0 bridgehead atoms. The van der Waals surface area contributed by atoms with Gasteiger partial charge in [0.2, 0.25) is 11.8 Å². The van der Waals surface area contributed by atoms with Crippen LogP contribution in [-0.2, 0) is 21.9 Å². The summed E-state index contributed by atoms with van der Waals surface area (Å²) in [6.07, 6.45) is 0.828. The Morgan fingerprint density at radius 2 is 1.80 bits per heavy atom. The number of nitrogens with one attached hydrogen (secondary N) is 1. The molecule has 162 valence electrons. The van der Waals surface area contributed by atoms with Crippen LogP contribution >= 0.6 is 35.0 Å². The molecule has 0 heterocycles. The van der Waals surface area contributed by atoms with E-state index in [4.69, 9.17) is 23.2 Å². The molecule has 0 aliphatic carbocycles.